The third-order valence-electron chi connectivity index (χ3n) is 1.62. The van der Waals surface area contributed by atoms with Gasteiger partial charge in [0.05, 0.1) is 6.61 Å². The molecule has 1 aromatic carbocycles. The Labute approximate surface area is 79.8 Å². The van der Waals surface area contributed by atoms with Gasteiger partial charge in [0.25, 0.3) is 0 Å². The van der Waals surface area contributed by atoms with Crippen molar-refractivity contribution in [2.24, 2.45) is 5.90 Å². The van der Waals surface area contributed by atoms with Crippen LogP contribution in [0.3, 0.4) is 0 Å². The molecule has 0 radical (unpaired) electrons. The van der Waals surface area contributed by atoms with Crippen LogP contribution in [0.15, 0.2) is 18.2 Å². The Balaban J connectivity index is 2.96. The zero-order chi connectivity index (χ0) is 8.27. The number of nitrogens with two attached hydrogens (primary N) is 1. The Morgan fingerprint density at radius 2 is 2.27 bits per heavy atom. The van der Waals surface area contributed by atoms with Gasteiger partial charge in [-0.1, -0.05) is 12.1 Å². The van der Waals surface area contributed by atoms with Gasteiger partial charge in [-0.2, -0.15) is 0 Å². The van der Waals surface area contributed by atoms with E-state index in [1.54, 1.807) is 0 Å². The first-order chi connectivity index (χ1) is 5.25. The van der Waals surface area contributed by atoms with E-state index in [-0.39, 0.29) is 0 Å². The normalized spacial score (nSPS) is 10.1. The highest BCUT2D eigenvalue weighted by atomic mass is 127. The van der Waals surface area contributed by atoms with Gasteiger partial charge in [0.15, 0.2) is 0 Å². The number of halogens is 1. The summed E-state index contributed by atoms with van der Waals surface area (Å²) >= 11 is 2.29. The standard InChI is InChI=1S/C8H10INO/c1-6-7(5-11-10)3-2-4-8(6)9/h2-4H,5,10H2,1H3. The van der Waals surface area contributed by atoms with Gasteiger partial charge in [-0.15, -0.1) is 0 Å². The Kier molecular flexibility index (Phi) is 3.29. The molecule has 1 rings (SSSR count). The predicted octanol–water partition coefficient (Wildman–Crippen LogP) is 1.99. The molecule has 0 amide bonds. The number of rotatable bonds is 2. The van der Waals surface area contributed by atoms with Crippen molar-refractivity contribution < 1.29 is 4.84 Å². The molecule has 0 heterocycles. The highest BCUT2D eigenvalue weighted by molar-refractivity contribution is 14.1. The van der Waals surface area contributed by atoms with Crippen molar-refractivity contribution in [2.45, 2.75) is 13.5 Å². The molecule has 0 aliphatic rings. The minimum atomic E-state index is 0.489. The van der Waals surface area contributed by atoms with E-state index in [1.165, 1.54) is 9.13 Å². The van der Waals surface area contributed by atoms with Crippen molar-refractivity contribution in [3.05, 3.63) is 32.9 Å². The van der Waals surface area contributed by atoms with Gasteiger partial charge in [-0.3, -0.25) is 4.84 Å². The van der Waals surface area contributed by atoms with Gasteiger partial charge in [0.1, 0.15) is 0 Å². The van der Waals surface area contributed by atoms with Crippen LogP contribution in [-0.2, 0) is 11.4 Å². The summed E-state index contributed by atoms with van der Waals surface area (Å²) in [4.78, 5) is 4.56. The maximum absolute atomic E-state index is 4.98. The fourth-order valence-electron chi connectivity index (χ4n) is 0.898. The molecule has 2 N–H and O–H groups in total. The number of hydrogen-bond donors (Lipinski definition) is 1. The smallest absolute Gasteiger partial charge is 0.0932 e. The molecule has 0 saturated heterocycles. The molecule has 1 aromatic rings. The molecule has 0 fully saturated rings. The van der Waals surface area contributed by atoms with Crippen molar-refractivity contribution in [3.8, 4) is 0 Å². The highest BCUT2D eigenvalue weighted by Crippen LogP contribution is 2.15. The first kappa shape index (κ1) is 8.96. The third-order valence-corrected chi connectivity index (χ3v) is 2.79. The summed E-state index contributed by atoms with van der Waals surface area (Å²) in [6.45, 7) is 2.55. The van der Waals surface area contributed by atoms with E-state index in [4.69, 9.17) is 5.90 Å². The summed E-state index contributed by atoms with van der Waals surface area (Å²) in [5.41, 5.74) is 2.40. The first-order valence-corrected chi connectivity index (χ1v) is 4.39. The lowest BCUT2D eigenvalue weighted by Gasteiger charge is -2.04. The minimum Gasteiger partial charge on any atom is -0.300 e. The molecule has 0 bridgehead atoms. The zero-order valence-corrected chi connectivity index (χ0v) is 8.46. The maximum atomic E-state index is 4.98. The topological polar surface area (TPSA) is 35.2 Å². The molecule has 11 heavy (non-hydrogen) atoms. The Morgan fingerprint density at radius 3 is 2.91 bits per heavy atom. The fourth-order valence-corrected chi connectivity index (χ4v) is 1.45. The van der Waals surface area contributed by atoms with E-state index < -0.39 is 0 Å². The van der Waals surface area contributed by atoms with E-state index in [9.17, 15) is 0 Å². The molecule has 0 aliphatic heterocycles. The van der Waals surface area contributed by atoms with E-state index in [0.29, 0.717) is 6.61 Å². The Bertz CT molecular complexity index is 250. The summed E-state index contributed by atoms with van der Waals surface area (Å²) in [5, 5.41) is 0. The van der Waals surface area contributed by atoms with Crippen LogP contribution in [-0.4, -0.2) is 0 Å². The van der Waals surface area contributed by atoms with Crippen LogP contribution in [0, 0.1) is 10.5 Å². The Hall–Kier alpha value is -0.130. The summed E-state index contributed by atoms with van der Waals surface area (Å²) in [7, 11) is 0. The molecular formula is C8H10INO. The molecule has 2 nitrogen and oxygen atoms in total. The highest BCUT2D eigenvalue weighted by Gasteiger charge is 1.99. The van der Waals surface area contributed by atoms with Gasteiger partial charge >= 0.3 is 0 Å². The molecular weight excluding hydrogens is 253 g/mol. The SMILES string of the molecule is Cc1c(I)cccc1CON. The average molecular weight is 263 g/mol. The second-order valence-electron chi connectivity index (χ2n) is 2.33. The van der Waals surface area contributed by atoms with E-state index in [0.717, 1.165) is 5.56 Å². The quantitative estimate of drug-likeness (QED) is 0.654. The lowest BCUT2D eigenvalue weighted by atomic mass is 10.1. The zero-order valence-electron chi connectivity index (χ0n) is 6.30. The van der Waals surface area contributed by atoms with Crippen LogP contribution >= 0.6 is 22.6 Å². The van der Waals surface area contributed by atoms with Gasteiger partial charge in [-0.25, -0.2) is 5.90 Å². The lowest BCUT2D eigenvalue weighted by Crippen LogP contribution is -2.01. The lowest BCUT2D eigenvalue weighted by molar-refractivity contribution is 0.123. The van der Waals surface area contributed by atoms with Gasteiger partial charge in [-0.05, 0) is 46.7 Å². The van der Waals surface area contributed by atoms with Crippen LogP contribution in [0.4, 0.5) is 0 Å². The van der Waals surface area contributed by atoms with E-state index in [2.05, 4.69) is 40.4 Å². The van der Waals surface area contributed by atoms with Crippen molar-refractivity contribution >= 4 is 22.6 Å². The van der Waals surface area contributed by atoms with Crippen LogP contribution in [0.25, 0.3) is 0 Å². The number of benzene rings is 1. The molecule has 0 unspecified atom stereocenters. The molecule has 60 valence electrons. The van der Waals surface area contributed by atoms with E-state index >= 15 is 0 Å². The summed E-state index contributed by atoms with van der Waals surface area (Å²) in [6, 6.07) is 6.09. The number of hydrogen-bond acceptors (Lipinski definition) is 2. The van der Waals surface area contributed by atoms with Crippen molar-refractivity contribution in [1.29, 1.82) is 0 Å². The summed E-state index contributed by atoms with van der Waals surface area (Å²) < 4.78 is 1.25. The largest absolute Gasteiger partial charge is 0.300 e. The first-order valence-electron chi connectivity index (χ1n) is 3.31. The van der Waals surface area contributed by atoms with E-state index in [1.807, 2.05) is 12.1 Å². The predicted molar refractivity (Wildman–Crippen MR) is 52.9 cm³/mol. The monoisotopic (exact) mass is 263 g/mol. The van der Waals surface area contributed by atoms with Crippen LogP contribution < -0.4 is 5.90 Å². The van der Waals surface area contributed by atoms with Crippen molar-refractivity contribution in [3.63, 3.8) is 0 Å². The molecule has 0 atom stereocenters. The molecule has 0 saturated carbocycles. The Morgan fingerprint density at radius 1 is 1.55 bits per heavy atom. The molecule has 0 aliphatic carbocycles. The maximum Gasteiger partial charge on any atom is 0.0932 e. The summed E-state index contributed by atoms with van der Waals surface area (Å²) in [5.74, 6) is 4.98. The minimum absolute atomic E-state index is 0.489. The van der Waals surface area contributed by atoms with Crippen LogP contribution in [0.2, 0.25) is 0 Å². The van der Waals surface area contributed by atoms with Gasteiger partial charge in [0.2, 0.25) is 0 Å². The second kappa shape index (κ2) is 4.04. The van der Waals surface area contributed by atoms with Crippen molar-refractivity contribution in [2.75, 3.05) is 0 Å². The molecule has 3 heteroatoms. The fraction of sp³-hybridized carbons (Fsp3) is 0.250. The van der Waals surface area contributed by atoms with Gasteiger partial charge < -0.3 is 0 Å². The van der Waals surface area contributed by atoms with Gasteiger partial charge in [0, 0.05) is 3.57 Å². The second-order valence-corrected chi connectivity index (χ2v) is 3.50. The van der Waals surface area contributed by atoms with Crippen LogP contribution in [0.1, 0.15) is 11.1 Å². The van der Waals surface area contributed by atoms with Crippen LogP contribution in [0.5, 0.6) is 0 Å². The molecule has 0 spiro atoms. The van der Waals surface area contributed by atoms with Crippen molar-refractivity contribution in [1.82, 2.24) is 0 Å². The average Bonchev–Trinajstić information content (AvgIpc) is 1.99. The molecule has 0 aromatic heterocycles. The third kappa shape index (κ3) is 2.15. The summed E-state index contributed by atoms with van der Waals surface area (Å²) in [6.07, 6.45) is 0.